The molecule has 4 N–H and O–H groups in total. The van der Waals surface area contributed by atoms with Gasteiger partial charge in [0.1, 0.15) is 5.82 Å². The molecule has 3 heterocycles. The highest BCUT2D eigenvalue weighted by Crippen LogP contribution is 2.35. The second kappa shape index (κ2) is 5.18. The van der Waals surface area contributed by atoms with Crippen LogP contribution in [-0.2, 0) is 13.0 Å². The summed E-state index contributed by atoms with van der Waals surface area (Å²) >= 11 is 12.3. The molecule has 0 spiro atoms. The van der Waals surface area contributed by atoms with Crippen molar-refractivity contribution >= 4 is 45.8 Å². The number of halogens is 2. The summed E-state index contributed by atoms with van der Waals surface area (Å²) in [6.07, 6.45) is 2.16. The van der Waals surface area contributed by atoms with E-state index in [0.29, 0.717) is 29.0 Å². The molecule has 1 amide bonds. The molecule has 0 saturated carbocycles. The number of imidazole rings is 1. The van der Waals surface area contributed by atoms with Gasteiger partial charge in [0, 0.05) is 36.2 Å². The Morgan fingerprint density at radius 3 is 2.87 bits per heavy atom. The molecule has 0 atom stereocenters. The molecular weight excluding hydrogens is 337 g/mol. The molecule has 1 aliphatic rings. The number of hydrogen-bond acceptors (Lipinski definition) is 3. The summed E-state index contributed by atoms with van der Waals surface area (Å²) in [4.78, 5) is 24.4. The predicted octanol–water partition coefficient (Wildman–Crippen LogP) is 2.98. The zero-order chi connectivity index (χ0) is 16.1. The lowest BCUT2D eigenvalue weighted by Crippen LogP contribution is -2.36. The molecule has 0 aliphatic carbocycles. The van der Waals surface area contributed by atoms with Crippen LogP contribution in [0.5, 0.6) is 0 Å². The van der Waals surface area contributed by atoms with Gasteiger partial charge in [-0.15, -0.1) is 0 Å². The fourth-order valence-electron chi connectivity index (χ4n) is 2.99. The molecule has 3 aromatic rings. The SMILES string of the molecule is Nc1cnc(C(=O)N2CCc3[nH]c4c(Cl)c(Cl)ccc4c3C2)[nH]1. The van der Waals surface area contributed by atoms with Gasteiger partial charge in [0.25, 0.3) is 5.91 Å². The van der Waals surface area contributed by atoms with Gasteiger partial charge in [0.05, 0.1) is 21.8 Å². The van der Waals surface area contributed by atoms with E-state index in [9.17, 15) is 4.79 Å². The zero-order valence-electron chi connectivity index (χ0n) is 12.0. The number of carbonyl (C=O) groups excluding carboxylic acids is 1. The number of hydrogen-bond donors (Lipinski definition) is 3. The fraction of sp³-hybridized carbons (Fsp3) is 0.200. The molecule has 1 aromatic carbocycles. The topological polar surface area (TPSA) is 90.8 Å². The van der Waals surface area contributed by atoms with E-state index in [0.717, 1.165) is 28.6 Å². The molecule has 23 heavy (non-hydrogen) atoms. The lowest BCUT2D eigenvalue weighted by Gasteiger charge is -2.26. The van der Waals surface area contributed by atoms with Crippen molar-refractivity contribution in [3.8, 4) is 0 Å². The Kier molecular flexibility index (Phi) is 3.25. The van der Waals surface area contributed by atoms with Crippen molar-refractivity contribution in [2.75, 3.05) is 12.3 Å². The minimum absolute atomic E-state index is 0.165. The van der Waals surface area contributed by atoms with Gasteiger partial charge in [0.15, 0.2) is 5.82 Å². The summed E-state index contributed by atoms with van der Waals surface area (Å²) in [6.45, 7) is 1.09. The Balaban J connectivity index is 1.71. The van der Waals surface area contributed by atoms with Gasteiger partial charge >= 0.3 is 0 Å². The van der Waals surface area contributed by atoms with Crippen LogP contribution in [0.2, 0.25) is 10.0 Å². The van der Waals surface area contributed by atoms with Crippen LogP contribution in [0.4, 0.5) is 5.82 Å². The fourth-order valence-corrected chi connectivity index (χ4v) is 3.36. The van der Waals surface area contributed by atoms with E-state index in [4.69, 9.17) is 28.9 Å². The Bertz CT molecular complexity index is 929. The maximum atomic E-state index is 12.5. The number of carbonyl (C=O) groups is 1. The molecule has 0 fully saturated rings. The van der Waals surface area contributed by atoms with Crippen LogP contribution in [-0.4, -0.2) is 32.3 Å². The minimum atomic E-state index is -0.165. The predicted molar refractivity (Wildman–Crippen MR) is 89.8 cm³/mol. The van der Waals surface area contributed by atoms with E-state index in [1.54, 1.807) is 11.0 Å². The van der Waals surface area contributed by atoms with E-state index in [2.05, 4.69) is 15.0 Å². The monoisotopic (exact) mass is 349 g/mol. The molecule has 0 radical (unpaired) electrons. The van der Waals surface area contributed by atoms with Crippen molar-refractivity contribution in [1.82, 2.24) is 19.9 Å². The van der Waals surface area contributed by atoms with Crippen LogP contribution in [0, 0.1) is 0 Å². The first kappa shape index (κ1) is 14.4. The number of H-pyrrole nitrogens is 2. The van der Waals surface area contributed by atoms with Gasteiger partial charge in [-0.25, -0.2) is 4.98 Å². The smallest absolute Gasteiger partial charge is 0.290 e. The molecule has 1 aliphatic heterocycles. The van der Waals surface area contributed by atoms with E-state index in [1.807, 2.05) is 6.07 Å². The third kappa shape index (κ3) is 2.26. The molecule has 8 heteroatoms. The van der Waals surface area contributed by atoms with E-state index < -0.39 is 0 Å². The lowest BCUT2D eigenvalue weighted by atomic mass is 10.0. The second-order valence-corrected chi connectivity index (χ2v) is 6.32. The number of nitrogen functional groups attached to an aromatic ring is 1. The van der Waals surface area contributed by atoms with E-state index in [-0.39, 0.29) is 11.7 Å². The third-order valence-electron chi connectivity index (χ3n) is 4.13. The van der Waals surface area contributed by atoms with Crippen LogP contribution in [0.15, 0.2) is 18.3 Å². The largest absolute Gasteiger partial charge is 0.384 e. The van der Waals surface area contributed by atoms with Gasteiger partial charge in [-0.3, -0.25) is 4.79 Å². The average Bonchev–Trinajstić information content (AvgIpc) is 3.13. The summed E-state index contributed by atoms with van der Waals surface area (Å²) in [7, 11) is 0. The van der Waals surface area contributed by atoms with E-state index in [1.165, 1.54) is 6.20 Å². The van der Waals surface area contributed by atoms with Crippen LogP contribution < -0.4 is 5.73 Å². The molecule has 0 unspecified atom stereocenters. The normalized spacial score (nSPS) is 14.3. The van der Waals surface area contributed by atoms with Gasteiger partial charge in [-0.2, -0.15) is 0 Å². The summed E-state index contributed by atoms with van der Waals surface area (Å²) in [5, 5.41) is 2.01. The van der Waals surface area contributed by atoms with Crippen molar-refractivity contribution in [1.29, 1.82) is 0 Å². The van der Waals surface area contributed by atoms with Crippen molar-refractivity contribution < 1.29 is 4.79 Å². The minimum Gasteiger partial charge on any atom is -0.384 e. The molecular formula is C15H13Cl2N5O. The maximum Gasteiger partial charge on any atom is 0.290 e. The number of nitrogens with zero attached hydrogens (tertiary/aromatic N) is 2. The van der Waals surface area contributed by atoms with Crippen LogP contribution in [0.3, 0.4) is 0 Å². The maximum absolute atomic E-state index is 12.5. The number of nitrogens with one attached hydrogen (secondary N) is 2. The molecule has 0 saturated heterocycles. The highest BCUT2D eigenvalue weighted by atomic mass is 35.5. The summed E-state index contributed by atoms with van der Waals surface area (Å²) < 4.78 is 0. The number of fused-ring (bicyclic) bond motifs is 3. The van der Waals surface area contributed by atoms with Gasteiger partial charge in [-0.05, 0) is 6.07 Å². The van der Waals surface area contributed by atoms with Gasteiger partial charge in [0.2, 0.25) is 0 Å². The average molecular weight is 350 g/mol. The highest BCUT2D eigenvalue weighted by Gasteiger charge is 2.27. The second-order valence-electron chi connectivity index (χ2n) is 5.53. The number of nitrogens with two attached hydrogens (primary N) is 1. The quantitative estimate of drug-likeness (QED) is 0.630. The van der Waals surface area contributed by atoms with Crippen molar-refractivity contribution in [2.24, 2.45) is 0 Å². The molecule has 6 nitrogen and oxygen atoms in total. The first-order valence-corrected chi connectivity index (χ1v) is 7.87. The molecule has 2 aromatic heterocycles. The Hall–Kier alpha value is -2.18. The lowest BCUT2D eigenvalue weighted by molar-refractivity contribution is 0.0724. The number of benzene rings is 1. The summed E-state index contributed by atoms with van der Waals surface area (Å²) in [5.74, 6) is 0.466. The van der Waals surface area contributed by atoms with Crippen molar-refractivity contribution in [3.63, 3.8) is 0 Å². The number of rotatable bonds is 1. The Morgan fingerprint density at radius 1 is 1.30 bits per heavy atom. The Morgan fingerprint density at radius 2 is 2.13 bits per heavy atom. The number of amides is 1. The van der Waals surface area contributed by atoms with Crippen LogP contribution >= 0.6 is 23.2 Å². The third-order valence-corrected chi connectivity index (χ3v) is 4.93. The van der Waals surface area contributed by atoms with Crippen molar-refractivity contribution in [2.45, 2.75) is 13.0 Å². The number of aromatic amines is 2. The van der Waals surface area contributed by atoms with Gasteiger partial charge in [-0.1, -0.05) is 29.3 Å². The van der Waals surface area contributed by atoms with Crippen molar-refractivity contribution in [3.05, 3.63) is 45.5 Å². The molecule has 118 valence electrons. The summed E-state index contributed by atoms with van der Waals surface area (Å²) in [6, 6.07) is 3.70. The van der Waals surface area contributed by atoms with Crippen LogP contribution in [0.1, 0.15) is 21.9 Å². The molecule has 4 rings (SSSR count). The Labute approximate surface area is 141 Å². The first-order valence-electron chi connectivity index (χ1n) is 7.12. The standard InChI is InChI=1S/C15H13Cl2N5O/c16-9-2-1-7-8-6-22(15(23)14-19-5-11(18)21-14)4-3-10(8)20-13(7)12(9)17/h1-2,5,20H,3-4,6,18H2,(H,19,21). The van der Waals surface area contributed by atoms with Crippen LogP contribution in [0.25, 0.3) is 10.9 Å². The van der Waals surface area contributed by atoms with E-state index >= 15 is 0 Å². The number of aromatic nitrogens is 3. The number of anilines is 1. The summed E-state index contributed by atoms with van der Waals surface area (Å²) in [5.41, 5.74) is 8.57. The first-order chi connectivity index (χ1) is 11.0. The highest BCUT2D eigenvalue weighted by molar-refractivity contribution is 6.45. The zero-order valence-corrected chi connectivity index (χ0v) is 13.5. The molecule has 0 bridgehead atoms. The van der Waals surface area contributed by atoms with Gasteiger partial charge < -0.3 is 20.6 Å².